The zero-order valence-corrected chi connectivity index (χ0v) is 16.8. The molecule has 3 rings (SSSR count). The monoisotopic (exact) mass is 382 g/mol. The Labute approximate surface area is 165 Å². The van der Waals surface area contributed by atoms with Crippen LogP contribution in [0.15, 0.2) is 53.6 Å². The van der Waals surface area contributed by atoms with E-state index in [1.54, 1.807) is 16.8 Å². The summed E-state index contributed by atoms with van der Waals surface area (Å²) >= 11 is 1.65. The number of carbonyl (C=O) groups is 1. The maximum absolute atomic E-state index is 12.3. The fourth-order valence-corrected chi connectivity index (χ4v) is 3.86. The first kappa shape index (κ1) is 19.5. The lowest BCUT2D eigenvalue weighted by molar-refractivity contribution is -0.127. The van der Waals surface area contributed by atoms with Crippen LogP contribution in [0.4, 0.5) is 0 Å². The van der Waals surface area contributed by atoms with Crippen molar-refractivity contribution in [3.05, 3.63) is 65.2 Å². The van der Waals surface area contributed by atoms with Crippen molar-refractivity contribution in [2.45, 2.75) is 26.7 Å². The van der Waals surface area contributed by atoms with E-state index in [9.17, 15) is 4.79 Å². The fourth-order valence-electron chi connectivity index (χ4n) is 3.07. The number of nitrogens with zero attached hydrogens (tertiary/aromatic N) is 2. The molecular weight excluding hydrogens is 356 g/mol. The Morgan fingerprint density at radius 1 is 1.15 bits per heavy atom. The molecular formula is C22H26N2O2S. The van der Waals surface area contributed by atoms with Crippen LogP contribution >= 0.6 is 11.8 Å². The molecule has 0 spiro atoms. The minimum atomic E-state index is 0.0844. The van der Waals surface area contributed by atoms with Gasteiger partial charge in [-0.05, 0) is 54.8 Å². The average molecular weight is 383 g/mol. The minimum absolute atomic E-state index is 0.0844. The Balaban J connectivity index is 1.35. The van der Waals surface area contributed by atoms with E-state index >= 15 is 0 Å². The Kier molecular flexibility index (Phi) is 6.93. The molecule has 0 fully saturated rings. The normalized spacial score (nSPS) is 13.6. The van der Waals surface area contributed by atoms with E-state index in [4.69, 9.17) is 4.74 Å². The molecule has 0 N–H and O–H groups in total. The second kappa shape index (κ2) is 9.60. The van der Waals surface area contributed by atoms with Gasteiger partial charge in [0.25, 0.3) is 5.91 Å². The quantitative estimate of drug-likeness (QED) is 0.634. The van der Waals surface area contributed by atoms with Crippen molar-refractivity contribution >= 4 is 23.4 Å². The van der Waals surface area contributed by atoms with Crippen LogP contribution in [-0.4, -0.2) is 41.3 Å². The number of ether oxygens (including phenoxy) is 1. The predicted molar refractivity (Wildman–Crippen MR) is 113 cm³/mol. The van der Waals surface area contributed by atoms with Crippen molar-refractivity contribution in [1.82, 2.24) is 5.01 Å². The van der Waals surface area contributed by atoms with Crippen LogP contribution in [0.3, 0.4) is 0 Å². The molecule has 5 heteroatoms. The smallest absolute Gasteiger partial charge is 0.252 e. The Bertz CT molecular complexity index is 785. The summed E-state index contributed by atoms with van der Waals surface area (Å²) < 4.78 is 5.81. The van der Waals surface area contributed by atoms with Gasteiger partial charge in [0, 0.05) is 6.42 Å². The van der Waals surface area contributed by atoms with E-state index in [2.05, 4.69) is 37.1 Å². The van der Waals surface area contributed by atoms with Gasteiger partial charge in [0.1, 0.15) is 5.75 Å². The highest BCUT2D eigenvalue weighted by molar-refractivity contribution is 7.99. The third-order valence-electron chi connectivity index (χ3n) is 4.32. The first-order chi connectivity index (χ1) is 13.1. The first-order valence-electron chi connectivity index (χ1n) is 9.34. The summed E-state index contributed by atoms with van der Waals surface area (Å²) in [7, 11) is 0. The zero-order chi connectivity index (χ0) is 19.1. The number of amides is 1. The predicted octanol–water partition coefficient (Wildman–Crippen LogP) is 4.44. The highest BCUT2D eigenvalue weighted by Crippen LogP contribution is 2.17. The number of aryl methyl sites for hydroxylation is 2. The van der Waals surface area contributed by atoms with Gasteiger partial charge in [0.2, 0.25) is 0 Å². The summed E-state index contributed by atoms with van der Waals surface area (Å²) in [6.45, 7) is 5.50. The topological polar surface area (TPSA) is 41.9 Å². The number of hydrogen-bond donors (Lipinski definition) is 0. The number of hydrazone groups is 1. The molecule has 1 aliphatic rings. The van der Waals surface area contributed by atoms with Crippen molar-refractivity contribution in [2.75, 3.05) is 24.7 Å². The molecule has 1 aliphatic heterocycles. The molecule has 2 aromatic carbocycles. The van der Waals surface area contributed by atoms with Crippen LogP contribution in [0.25, 0.3) is 0 Å². The van der Waals surface area contributed by atoms with Crippen LogP contribution < -0.4 is 4.74 Å². The SMILES string of the molecule is Cc1cc(C)cc(OCCCSCC(=O)N2CCC(c3ccccc3)=N2)c1. The third-order valence-corrected chi connectivity index (χ3v) is 5.35. The van der Waals surface area contributed by atoms with E-state index < -0.39 is 0 Å². The van der Waals surface area contributed by atoms with Gasteiger partial charge in [-0.3, -0.25) is 4.79 Å². The Hall–Kier alpha value is -2.27. The standard InChI is InChI=1S/C22H26N2O2S/c1-17-13-18(2)15-20(14-17)26-11-6-12-27-16-22(25)24-10-9-21(23-24)19-7-4-3-5-8-19/h3-5,7-8,13-15H,6,9-12,16H2,1-2H3. The van der Waals surface area contributed by atoms with Crippen LogP contribution in [0.1, 0.15) is 29.5 Å². The summed E-state index contributed by atoms with van der Waals surface area (Å²) in [6.07, 6.45) is 1.74. The molecule has 0 radical (unpaired) electrons. The molecule has 27 heavy (non-hydrogen) atoms. The van der Waals surface area contributed by atoms with E-state index in [-0.39, 0.29) is 5.91 Å². The lowest BCUT2D eigenvalue weighted by Gasteiger charge is -2.11. The highest BCUT2D eigenvalue weighted by atomic mass is 32.2. The molecule has 0 unspecified atom stereocenters. The molecule has 4 nitrogen and oxygen atoms in total. The summed E-state index contributed by atoms with van der Waals surface area (Å²) in [5.74, 6) is 2.38. The maximum atomic E-state index is 12.3. The lowest BCUT2D eigenvalue weighted by atomic mass is 10.1. The van der Waals surface area contributed by atoms with Gasteiger partial charge in [0.05, 0.1) is 24.6 Å². The van der Waals surface area contributed by atoms with Gasteiger partial charge in [-0.1, -0.05) is 36.4 Å². The summed E-state index contributed by atoms with van der Waals surface area (Å²) in [5, 5.41) is 6.10. The van der Waals surface area contributed by atoms with Crippen molar-refractivity contribution < 1.29 is 9.53 Å². The van der Waals surface area contributed by atoms with E-state index in [0.717, 1.165) is 35.6 Å². The largest absolute Gasteiger partial charge is 0.494 e. The van der Waals surface area contributed by atoms with Crippen LogP contribution in [0.2, 0.25) is 0 Å². The highest BCUT2D eigenvalue weighted by Gasteiger charge is 2.21. The third kappa shape index (κ3) is 5.86. The molecule has 2 aromatic rings. The van der Waals surface area contributed by atoms with Crippen molar-refractivity contribution in [2.24, 2.45) is 5.10 Å². The van der Waals surface area contributed by atoms with Gasteiger partial charge >= 0.3 is 0 Å². The average Bonchev–Trinajstić information content (AvgIpc) is 3.15. The fraction of sp³-hybridized carbons (Fsp3) is 0.364. The van der Waals surface area contributed by atoms with Gasteiger partial charge in [-0.2, -0.15) is 16.9 Å². The van der Waals surface area contributed by atoms with Gasteiger partial charge in [-0.25, -0.2) is 5.01 Å². The van der Waals surface area contributed by atoms with Crippen LogP contribution in [-0.2, 0) is 4.79 Å². The van der Waals surface area contributed by atoms with Crippen LogP contribution in [0, 0.1) is 13.8 Å². The minimum Gasteiger partial charge on any atom is -0.494 e. The molecule has 142 valence electrons. The number of hydrogen-bond acceptors (Lipinski definition) is 4. The van der Waals surface area contributed by atoms with Crippen LogP contribution in [0.5, 0.6) is 5.75 Å². The zero-order valence-electron chi connectivity index (χ0n) is 16.0. The Morgan fingerprint density at radius 3 is 2.63 bits per heavy atom. The summed E-state index contributed by atoms with van der Waals surface area (Å²) in [5.41, 5.74) is 4.52. The van der Waals surface area contributed by atoms with E-state index in [0.29, 0.717) is 18.9 Å². The first-order valence-corrected chi connectivity index (χ1v) is 10.5. The molecule has 0 saturated carbocycles. The number of rotatable bonds is 8. The maximum Gasteiger partial charge on any atom is 0.252 e. The molecule has 0 atom stereocenters. The molecule has 1 amide bonds. The van der Waals surface area contributed by atoms with Gasteiger partial charge < -0.3 is 4.74 Å². The number of carbonyl (C=O) groups excluding carboxylic acids is 1. The van der Waals surface area contributed by atoms with E-state index in [1.165, 1.54) is 11.1 Å². The molecule has 0 saturated heterocycles. The second-order valence-corrected chi connectivity index (χ2v) is 7.86. The molecule has 0 aromatic heterocycles. The number of thioether (sulfide) groups is 1. The van der Waals surface area contributed by atoms with E-state index in [1.807, 2.05) is 30.3 Å². The molecule has 1 heterocycles. The van der Waals surface area contributed by atoms with Gasteiger partial charge in [0.15, 0.2) is 0 Å². The molecule has 0 aliphatic carbocycles. The second-order valence-electron chi connectivity index (χ2n) is 6.76. The van der Waals surface area contributed by atoms with Crippen molar-refractivity contribution in [1.29, 1.82) is 0 Å². The Morgan fingerprint density at radius 2 is 1.89 bits per heavy atom. The molecule has 0 bridgehead atoms. The summed E-state index contributed by atoms with van der Waals surface area (Å²) in [6, 6.07) is 16.3. The number of benzene rings is 2. The summed E-state index contributed by atoms with van der Waals surface area (Å²) in [4.78, 5) is 12.3. The van der Waals surface area contributed by atoms with Gasteiger partial charge in [-0.15, -0.1) is 0 Å². The van der Waals surface area contributed by atoms with Crippen molar-refractivity contribution in [3.63, 3.8) is 0 Å². The lowest BCUT2D eigenvalue weighted by Crippen LogP contribution is -2.25. The van der Waals surface area contributed by atoms with Crippen molar-refractivity contribution in [3.8, 4) is 5.75 Å².